The predicted molar refractivity (Wildman–Crippen MR) is 112 cm³/mol. The van der Waals surface area contributed by atoms with E-state index in [9.17, 15) is 18.7 Å². The van der Waals surface area contributed by atoms with Gasteiger partial charge in [-0.15, -0.1) is 10.2 Å². The van der Waals surface area contributed by atoms with E-state index in [1.165, 1.54) is 10.5 Å². The van der Waals surface area contributed by atoms with Crippen LogP contribution in [-0.2, 0) is 12.1 Å². The molecule has 172 valence electrons. The Hall–Kier alpha value is -3.86. The van der Waals surface area contributed by atoms with E-state index in [-0.39, 0.29) is 41.0 Å². The third kappa shape index (κ3) is 4.14. The number of halogens is 2. The molecule has 0 spiro atoms. The Morgan fingerprint density at radius 1 is 1.21 bits per heavy atom. The molecule has 1 atom stereocenters. The summed E-state index contributed by atoms with van der Waals surface area (Å²) in [5.41, 5.74) is -0.692. The van der Waals surface area contributed by atoms with Crippen LogP contribution in [0.15, 0.2) is 40.9 Å². The first-order valence-electron chi connectivity index (χ1n) is 10.0. The van der Waals surface area contributed by atoms with Crippen LogP contribution in [-0.4, -0.2) is 37.2 Å². The van der Waals surface area contributed by atoms with Gasteiger partial charge in [0.25, 0.3) is 5.91 Å². The van der Waals surface area contributed by atoms with Gasteiger partial charge in [0.15, 0.2) is 11.4 Å². The van der Waals surface area contributed by atoms with Gasteiger partial charge in [-0.25, -0.2) is 13.8 Å². The van der Waals surface area contributed by atoms with Crippen molar-refractivity contribution in [2.75, 3.05) is 6.61 Å². The molecule has 0 radical (unpaired) electrons. The van der Waals surface area contributed by atoms with E-state index < -0.39 is 29.7 Å². The zero-order chi connectivity index (χ0) is 23.8. The number of pyridine rings is 1. The van der Waals surface area contributed by atoms with Gasteiger partial charge in [0.1, 0.15) is 29.5 Å². The number of hydrogen-bond donors (Lipinski definition) is 2. The molecule has 0 saturated carbocycles. The van der Waals surface area contributed by atoms with Crippen molar-refractivity contribution in [2.45, 2.75) is 32.9 Å². The number of carbonyl (C=O) groups excluding carboxylic acids is 1. The minimum absolute atomic E-state index is 0.0539. The molecule has 3 heterocycles. The molecule has 1 aromatic carbocycles. The number of benzene rings is 1. The number of nitrogens with zero attached hydrogens (tertiary/aromatic N) is 4. The number of carbonyl (C=O) groups is 1. The number of aromatic nitrogens is 4. The number of aliphatic hydroxyl groups is 1. The van der Waals surface area contributed by atoms with Gasteiger partial charge in [0.05, 0.1) is 17.9 Å². The van der Waals surface area contributed by atoms with Crippen molar-refractivity contribution in [1.29, 1.82) is 0 Å². The predicted octanol–water partition coefficient (Wildman–Crippen LogP) is 2.83. The first kappa shape index (κ1) is 22.3. The van der Waals surface area contributed by atoms with Crippen molar-refractivity contribution in [1.82, 2.24) is 24.9 Å². The monoisotopic (exact) mass is 457 g/mol. The molecule has 0 aliphatic carbocycles. The minimum atomic E-state index is -1.33. The van der Waals surface area contributed by atoms with Gasteiger partial charge in [-0.1, -0.05) is 6.07 Å². The second-order valence-corrected chi connectivity index (χ2v) is 7.67. The van der Waals surface area contributed by atoms with E-state index in [2.05, 4.69) is 20.5 Å². The van der Waals surface area contributed by atoms with Crippen molar-refractivity contribution < 1.29 is 27.8 Å². The molecule has 0 aliphatic rings. The number of rotatable bonds is 7. The van der Waals surface area contributed by atoms with Gasteiger partial charge in [-0.05, 0) is 38.1 Å². The summed E-state index contributed by atoms with van der Waals surface area (Å²) in [6.07, 6.45) is 1.61. The molecule has 0 aliphatic heterocycles. The molecule has 4 aromatic rings. The average molecular weight is 457 g/mol. The number of hydrogen-bond acceptors (Lipinski definition) is 7. The van der Waals surface area contributed by atoms with Crippen molar-refractivity contribution >= 4 is 11.6 Å². The molecule has 3 aromatic heterocycles. The lowest BCUT2D eigenvalue weighted by Gasteiger charge is -2.24. The van der Waals surface area contributed by atoms with E-state index in [0.29, 0.717) is 5.69 Å². The van der Waals surface area contributed by atoms with Crippen LogP contribution in [0.2, 0.25) is 0 Å². The lowest BCUT2D eigenvalue weighted by atomic mass is 10.0. The summed E-state index contributed by atoms with van der Waals surface area (Å²) < 4.78 is 40.4. The van der Waals surface area contributed by atoms with E-state index >= 15 is 0 Å². The van der Waals surface area contributed by atoms with Crippen molar-refractivity contribution in [3.8, 4) is 5.75 Å². The molecular formula is C22H21F2N5O4. The summed E-state index contributed by atoms with van der Waals surface area (Å²) in [4.78, 5) is 17.6. The van der Waals surface area contributed by atoms with Gasteiger partial charge >= 0.3 is 0 Å². The fourth-order valence-electron chi connectivity index (χ4n) is 3.35. The Morgan fingerprint density at radius 2 is 1.94 bits per heavy atom. The smallest absolute Gasteiger partial charge is 0.271 e. The fourth-order valence-corrected chi connectivity index (χ4v) is 3.35. The van der Waals surface area contributed by atoms with E-state index in [1.807, 2.05) is 0 Å². The summed E-state index contributed by atoms with van der Waals surface area (Å²) in [6.45, 7) is 3.94. The number of ether oxygens (including phenoxy) is 1. The number of aryl methyl sites for hydroxylation is 2. The molecule has 0 saturated heterocycles. The zero-order valence-corrected chi connectivity index (χ0v) is 18.1. The van der Waals surface area contributed by atoms with Gasteiger partial charge in [0.2, 0.25) is 11.8 Å². The number of fused-ring (bicyclic) bond motifs is 1. The lowest BCUT2D eigenvalue weighted by Crippen LogP contribution is -2.47. The first-order chi connectivity index (χ1) is 15.7. The molecule has 11 heteroatoms. The Labute approximate surface area is 187 Å². The SMILES string of the molecule is Cc1nnc([C@](C)(CO)NC(=O)c2c(C)nc3c(OCc4c(F)cccc4F)cccn23)o1. The molecule has 9 nitrogen and oxygen atoms in total. The van der Waals surface area contributed by atoms with Crippen molar-refractivity contribution in [3.05, 3.63) is 76.9 Å². The quantitative estimate of drug-likeness (QED) is 0.439. The summed E-state index contributed by atoms with van der Waals surface area (Å²) in [7, 11) is 0. The first-order valence-corrected chi connectivity index (χ1v) is 10.0. The van der Waals surface area contributed by atoms with Gasteiger partial charge in [-0.2, -0.15) is 0 Å². The van der Waals surface area contributed by atoms with E-state index in [4.69, 9.17) is 9.15 Å². The topological polar surface area (TPSA) is 115 Å². The maximum atomic E-state index is 13.9. The van der Waals surface area contributed by atoms with Crippen LogP contribution in [0.1, 0.15) is 40.5 Å². The van der Waals surface area contributed by atoms with Crippen LogP contribution in [0.25, 0.3) is 5.65 Å². The molecule has 33 heavy (non-hydrogen) atoms. The van der Waals surface area contributed by atoms with Crippen LogP contribution >= 0.6 is 0 Å². The van der Waals surface area contributed by atoms with Crippen LogP contribution in [0.4, 0.5) is 8.78 Å². The highest BCUT2D eigenvalue weighted by atomic mass is 19.1. The Balaban J connectivity index is 1.64. The van der Waals surface area contributed by atoms with Gasteiger partial charge < -0.3 is 19.6 Å². The maximum absolute atomic E-state index is 13.9. The minimum Gasteiger partial charge on any atom is -0.485 e. The van der Waals surface area contributed by atoms with Crippen LogP contribution in [0, 0.1) is 25.5 Å². The Bertz CT molecular complexity index is 1320. The van der Waals surface area contributed by atoms with E-state index in [1.54, 1.807) is 39.1 Å². The molecule has 2 N–H and O–H groups in total. The highest BCUT2D eigenvalue weighted by Crippen LogP contribution is 2.25. The number of nitrogens with one attached hydrogen (secondary N) is 1. The molecule has 0 bridgehead atoms. The second-order valence-electron chi connectivity index (χ2n) is 7.67. The highest BCUT2D eigenvalue weighted by Gasteiger charge is 2.35. The third-order valence-electron chi connectivity index (χ3n) is 5.14. The second kappa shape index (κ2) is 8.58. The summed E-state index contributed by atoms with van der Waals surface area (Å²) >= 11 is 0. The normalized spacial score (nSPS) is 13.2. The summed E-state index contributed by atoms with van der Waals surface area (Å²) in [5, 5.41) is 20.2. The average Bonchev–Trinajstić information content (AvgIpc) is 3.36. The Kier molecular flexibility index (Phi) is 5.81. The highest BCUT2D eigenvalue weighted by molar-refractivity contribution is 5.95. The van der Waals surface area contributed by atoms with Crippen LogP contribution in [0.5, 0.6) is 5.75 Å². The van der Waals surface area contributed by atoms with Gasteiger partial charge in [0, 0.05) is 13.1 Å². The lowest BCUT2D eigenvalue weighted by molar-refractivity contribution is 0.0803. The molecule has 4 rings (SSSR count). The maximum Gasteiger partial charge on any atom is 0.271 e. The zero-order valence-electron chi connectivity index (χ0n) is 18.1. The van der Waals surface area contributed by atoms with Crippen LogP contribution in [0.3, 0.4) is 0 Å². The largest absolute Gasteiger partial charge is 0.485 e. The number of amides is 1. The third-order valence-corrected chi connectivity index (χ3v) is 5.14. The Morgan fingerprint density at radius 3 is 2.58 bits per heavy atom. The molecular weight excluding hydrogens is 436 g/mol. The van der Waals surface area contributed by atoms with Crippen LogP contribution < -0.4 is 10.1 Å². The number of imidazole rings is 1. The fraction of sp³-hybridized carbons (Fsp3) is 0.273. The number of aliphatic hydroxyl groups excluding tert-OH is 1. The van der Waals surface area contributed by atoms with Crippen molar-refractivity contribution in [3.63, 3.8) is 0 Å². The standard InChI is InChI=1S/C22H21F2N5O4/c1-12-18(20(31)26-22(3,11-30)21-28-27-13(2)33-21)29-9-5-8-17(19(29)25-12)32-10-14-15(23)6-4-7-16(14)24/h4-9,30H,10-11H2,1-3H3,(H,26,31)/t22-/m0/s1. The molecule has 0 fully saturated rings. The molecule has 1 amide bonds. The molecule has 0 unspecified atom stereocenters. The van der Waals surface area contributed by atoms with Crippen molar-refractivity contribution in [2.24, 2.45) is 0 Å². The summed E-state index contributed by atoms with van der Waals surface area (Å²) in [6, 6.07) is 6.76. The van der Waals surface area contributed by atoms with Gasteiger partial charge in [-0.3, -0.25) is 9.20 Å². The van der Waals surface area contributed by atoms with E-state index in [0.717, 1.165) is 12.1 Å². The summed E-state index contributed by atoms with van der Waals surface area (Å²) in [5.74, 6) is -1.41.